The Kier molecular flexibility index (Phi) is 5.30. The third-order valence-corrected chi connectivity index (χ3v) is 6.83. The Balaban J connectivity index is 1.68. The van der Waals surface area contributed by atoms with Crippen LogP contribution in [0.4, 0.5) is 0 Å². The summed E-state index contributed by atoms with van der Waals surface area (Å²) in [6, 6.07) is 20.9. The minimum absolute atomic E-state index is 0.0209. The predicted molar refractivity (Wildman–Crippen MR) is 126 cm³/mol. The second-order valence-corrected chi connectivity index (χ2v) is 8.97. The van der Waals surface area contributed by atoms with Crippen molar-refractivity contribution in [3.05, 3.63) is 89.0 Å². The number of carbonyl (C=O) groups excluding carboxylic acids is 2. The number of ketones is 1. The molecule has 1 heterocycles. The van der Waals surface area contributed by atoms with Gasteiger partial charge in [-0.2, -0.15) is 0 Å². The SMILES string of the molecule is Cc1cccc(C2/C(=C(/O)c3ccc4ccccc4c3)C(=O)C(=O)N2C2CCCCC2)c1. The van der Waals surface area contributed by atoms with Crippen LogP contribution in [-0.2, 0) is 9.59 Å². The van der Waals surface area contributed by atoms with Gasteiger partial charge in [-0.05, 0) is 42.2 Å². The fourth-order valence-corrected chi connectivity index (χ4v) is 5.25. The Hall–Kier alpha value is -3.40. The van der Waals surface area contributed by atoms with Crippen molar-refractivity contribution in [2.24, 2.45) is 0 Å². The molecule has 1 saturated heterocycles. The first-order valence-electron chi connectivity index (χ1n) is 11.4. The molecule has 162 valence electrons. The van der Waals surface area contributed by atoms with E-state index in [4.69, 9.17) is 0 Å². The molecule has 2 fully saturated rings. The molecule has 1 amide bonds. The zero-order valence-electron chi connectivity index (χ0n) is 18.3. The first-order chi connectivity index (χ1) is 15.5. The maximum atomic E-state index is 13.3. The van der Waals surface area contributed by atoms with Gasteiger partial charge in [0, 0.05) is 11.6 Å². The first-order valence-corrected chi connectivity index (χ1v) is 11.4. The molecule has 4 nitrogen and oxygen atoms in total. The van der Waals surface area contributed by atoms with Gasteiger partial charge in [0.05, 0.1) is 11.6 Å². The molecule has 2 aliphatic rings. The maximum absolute atomic E-state index is 13.3. The van der Waals surface area contributed by atoms with Crippen molar-refractivity contribution in [3.8, 4) is 0 Å². The summed E-state index contributed by atoms with van der Waals surface area (Å²) in [6.45, 7) is 2.00. The molecule has 5 rings (SSSR count). The average molecular weight is 426 g/mol. The number of aliphatic hydroxyl groups is 1. The number of aryl methyl sites for hydroxylation is 1. The normalized spacial score (nSPS) is 21.4. The van der Waals surface area contributed by atoms with Crippen LogP contribution in [-0.4, -0.2) is 27.7 Å². The van der Waals surface area contributed by atoms with Crippen LogP contribution in [0.1, 0.15) is 54.8 Å². The minimum Gasteiger partial charge on any atom is -0.507 e. The lowest BCUT2D eigenvalue weighted by Crippen LogP contribution is -2.40. The Bertz CT molecular complexity index is 1240. The van der Waals surface area contributed by atoms with E-state index >= 15 is 0 Å². The van der Waals surface area contributed by atoms with Gasteiger partial charge in [-0.15, -0.1) is 0 Å². The van der Waals surface area contributed by atoms with Crippen molar-refractivity contribution in [1.82, 2.24) is 4.90 Å². The molecule has 1 unspecified atom stereocenters. The molecule has 32 heavy (non-hydrogen) atoms. The highest BCUT2D eigenvalue weighted by atomic mass is 16.3. The molecular formula is C28H27NO3. The van der Waals surface area contributed by atoms with Crippen LogP contribution in [0.2, 0.25) is 0 Å². The van der Waals surface area contributed by atoms with Crippen molar-refractivity contribution in [2.75, 3.05) is 0 Å². The molecule has 0 radical (unpaired) electrons. The maximum Gasteiger partial charge on any atom is 0.295 e. The lowest BCUT2D eigenvalue weighted by atomic mass is 9.90. The van der Waals surface area contributed by atoms with Gasteiger partial charge in [0.25, 0.3) is 11.7 Å². The summed E-state index contributed by atoms with van der Waals surface area (Å²) in [5.74, 6) is -1.18. The van der Waals surface area contributed by atoms with E-state index in [1.165, 1.54) is 0 Å². The summed E-state index contributed by atoms with van der Waals surface area (Å²) >= 11 is 0. The minimum atomic E-state index is -0.590. The number of amides is 1. The van der Waals surface area contributed by atoms with Crippen LogP contribution in [0.25, 0.3) is 16.5 Å². The number of nitrogens with zero attached hydrogens (tertiary/aromatic N) is 1. The van der Waals surface area contributed by atoms with E-state index in [9.17, 15) is 14.7 Å². The monoisotopic (exact) mass is 425 g/mol. The summed E-state index contributed by atoms with van der Waals surface area (Å²) in [6.07, 6.45) is 5.06. The molecule has 0 spiro atoms. The zero-order chi connectivity index (χ0) is 22.2. The van der Waals surface area contributed by atoms with E-state index < -0.39 is 17.7 Å². The Morgan fingerprint density at radius 2 is 1.62 bits per heavy atom. The molecular weight excluding hydrogens is 398 g/mol. The lowest BCUT2D eigenvalue weighted by Gasteiger charge is -2.35. The van der Waals surface area contributed by atoms with Crippen LogP contribution in [0, 0.1) is 6.92 Å². The third-order valence-electron chi connectivity index (χ3n) is 6.83. The fraction of sp³-hybridized carbons (Fsp3) is 0.286. The third kappa shape index (κ3) is 3.50. The standard InChI is InChI=1S/C28H27NO3/c1-18-8-7-11-21(16-18)25-24(27(31)28(32)29(25)23-12-3-2-4-13-23)26(30)22-15-14-19-9-5-6-10-20(19)17-22/h5-11,14-17,23,25,30H,2-4,12-13H2,1H3/b26-24-. The first kappa shape index (κ1) is 20.5. The topological polar surface area (TPSA) is 57.6 Å². The highest BCUT2D eigenvalue weighted by Gasteiger charge is 2.48. The second-order valence-electron chi connectivity index (χ2n) is 8.97. The summed E-state index contributed by atoms with van der Waals surface area (Å²) in [5, 5.41) is 13.4. The van der Waals surface area contributed by atoms with Crippen LogP contribution in [0.5, 0.6) is 0 Å². The van der Waals surface area contributed by atoms with Crippen LogP contribution in [0.3, 0.4) is 0 Å². The number of rotatable bonds is 3. The van der Waals surface area contributed by atoms with Gasteiger partial charge >= 0.3 is 0 Å². The van der Waals surface area contributed by atoms with E-state index in [1.54, 1.807) is 4.90 Å². The van der Waals surface area contributed by atoms with E-state index in [2.05, 4.69) is 0 Å². The molecule has 1 N–H and O–H groups in total. The molecule has 0 bridgehead atoms. The van der Waals surface area contributed by atoms with Crippen molar-refractivity contribution in [1.29, 1.82) is 0 Å². The van der Waals surface area contributed by atoms with E-state index in [0.29, 0.717) is 5.56 Å². The largest absolute Gasteiger partial charge is 0.507 e. The molecule has 3 aromatic rings. The molecule has 4 heteroatoms. The van der Waals surface area contributed by atoms with Crippen LogP contribution in [0.15, 0.2) is 72.3 Å². The van der Waals surface area contributed by atoms with E-state index in [1.807, 2.05) is 73.7 Å². The molecule has 1 atom stereocenters. The average Bonchev–Trinajstić information content (AvgIpc) is 3.09. The van der Waals surface area contributed by atoms with E-state index in [0.717, 1.165) is 54.0 Å². The van der Waals surface area contributed by atoms with Gasteiger partial charge < -0.3 is 10.0 Å². The lowest BCUT2D eigenvalue weighted by molar-refractivity contribution is -0.141. The summed E-state index contributed by atoms with van der Waals surface area (Å²) < 4.78 is 0. The summed E-state index contributed by atoms with van der Waals surface area (Å²) in [4.78, 5) is 28.3. The zero-order valence-corrected chi connectivity index (χ0v) is 18.3. The number of likely N-dealkylation sites (tertiary alicyclic amines) is 1. The number of fused-ring (bicyclic) bond motifs is 1. The predicted octanol–water partition coefficient (Wildman–Crippen LogP) is 5.90. The summed E-state index contributed by atoms with van der Waals surface area (Å²) in [7, 11) is 0. The van der Waals surface area contributed by atoms with Crippen molar-refractivity contribution >= 4 is 28.2 Å². The van der Waals surface area contributed by atoms with Gasteiger partial charge in [0.15, 0.2) is 0 Å². The van der Waals surface area contributed by atoms with Gasteiger partial charge in [-0.1, -0.05) is 85.5 Å². The Morgan fingerprint density at radius 1 is 0.875 bits per heavy atom. The highest BCUT2D eigenvalue weighted by molar-refractivity contribution is 6.46. The number of aliphatic hydroxyl groups excluding tert-OH is 1. The second kappa shape index (κ2) is 8.27. The fourth-order valence-electron chi connectivity index (χ4n) is 5.25. The molecule has 1 saturated carbocycles. The summed E-state index contributed by atoms with van der Waals surface area (Å²) in [5.41, 5.74) is 2.68. The van der Waals surface area contributed by atoms with Crippen molar-refractivity contribution in [3.63, 3.8) is 0 Å². The van der Waals surface area contributed by atoms with Crippen molar-refractivity contribution < 1.29 is 14.7 Å². The molecule has 1 aliphatic carbocycles. The van der Waals surface area contributed by atoms with Crippen molar-refractivity contribution in [2.45, 2.75) is 51.1 Å². The van der Waals surface area contributed by atoms with Gasteiger partial charge in [0.2, 0.25) is 0 Å². The van der Waals surface area contributed by atoms with Crippen LogP contribution >= 0.6 is 0 Å². The van der Waals surface area contributed by atoms with Gasteiger partial charge in [-0.3, -0.25) is 9.59 Å². The number of benzene rings is 3. The number of hydrogen-bond donors (Lipinski definition) is 1. The highest BCUT2D eigenvalue weighted by Crippen LogP contribution is 2.43. The number of Topliss-reactive ketones (excluding diaryl/α,β-unsaturated/α-hetero) is 1. The smallest absolute Gasteiger partial charge is 0.295 e. The van der Waals surface area contributed by atoms with Gasteiger partial charge in [0.1, 0.15) is 5.76 Å². The molecule has 0 aromatic heterocycles. The van der Waals surface area contributed by atoms with E-state index in [-0.39, 0.29) is 17.4 Å². The number of hydrogen-bond acceptors (Lipinski definition) is 3. The van der Waals surface area contributed by atoms with Crippen LogP contribution < -0.4 is 0 Å². The molecule has 1 aliphatic heterocycles. The number of carbonyl (C=O) groups is 2. The van der Waals surface area contributed by atoms with Gasteiger partial charge in [-0.25, -0.2) is 0 Å². The Morgan fingerprint density at radius 3 is 2.38 bits per heavy atom. The molecule has 3 aromatic carbocycles. The quantitative estimate of drug-likeness (QED) is 0.323. The Labute approximate surface area is 188 Å².